The monoisotopic (exact) mass is 345 g/mol. The molecule has 136 valence electrons. The number of fused-ring (bicyclic) bond motifs is 1. The zero-order valence-corrected chi connectivity index (χ0v) is 15.2. The van der Waals surface area contributed by atoms with Gasteiger partial charge in [-0.1, -0.05) is 0 Å². The lowest BCUT2D eigenvalue weighted by Gasteiger charge is -2.28. The third kappa shape index (κ3) is 4.44. The van der Waals surface area contributed by atoms with Crippen LogP contribution in [-0.4, -0.2) is 27.9 Å². The van der Waals surface area contributed by atoms with Crippen LogP contribution in [0.25, 0.3) is 5.52 Å². The number of hydrogen-bond acceptors (Lipinski definition) is 3. The van der Waals surface area contributed by atoms with Crippen LogP contribution in [0.15, 0.2) is 29.3 Å². The summed E-state index contributed by atoms with van der Waals surface area (Å²) >= 11 is 0. The lowest BCUT2D eigenvalue weighted by molar-refractivity contribution is 0.0515. The van der Waals surface area contributed by atoms with Gasteiger partial charge in [0, 0.05) is 31.1 Å². The maximum atomic E-state index is 11.8. The number of nitrogens with one attached hydrogen (secondary N) is 2. The van der Waals surface area contributed by atoms with E-state index in [9.17, 15) is 9.59 Å². The van der Waals surface area contributed by atoms with E-state index in [1.165, 1.54) is 5.56 Å². The van der Waals surface area contributed by atoms with Crippen LogP contribution in [0.3, 0.4) is 0 Å². The van der Waals surface area contributed by atoms with Gasteiger partial charge in [0.1, 0.15) is 5.60 Å². The standard InChI is InChI=1S/C19H27N3O3/c1-19(2,3)25-18(24)20-11-13-4-6-14(7-5-13)16-12-21-22-9-8-15(23)10-17(16)22/h8-10,12-14,21H,4-7,11H2,1-3H3,(H,20,24). The molecule has 1 aliphatic rings. The fraction of sp³-hybridized carbons (Fsp3) is 0.579. The summed E-state index contributed by atoms with van der Waals surface area (Å²) in [5.41, 5.74) is 1.77. The summed E-state index contributed by atoms with van der Waals surface area (Å²) in [6.07, 6.45) is 7.71. The van der Waals surface area contributed by atoms with E-state index in [4.69, 9.17) is 4.74 Å². The number of pyridine rings is 1. The van der Waals surface area contributed by atoms with E-state index in [0.29, 0.717) is 18.4 Å². The average Bonchev–Trinajstić information content (AvgIpc) is 2.95. The molecule has 0 atom stereocenters. The van der Waals surface area contributed by atoms with Crippen LogP contribution in [0, 0.1) is 5.92 Å². The number of amides is 1. The topological polar surface area (TPSA) is 75.6 Å². The van der Waals surface area contributed by atoms with Gasteiger partial charge in [0.05, 0.1) is 5.52 Å². The van der Waals surface area contributed by atoms with Gasteiger partial charge in [0.15, 0.2) is 5.43 Å². The zero-order valence-electron chi connectivity index (χ0n) is 15.2. The third-order valence-corrected chi connectivity index (χ3v) is 4.80. The number of aromatic amines is 1. The van der Waals surface area contributed by atoms with Crippen molar-refractivity contribution in [3.05, 3.63) is 40.3 Å². The normalized spacial score (nSPS) is 21.2. The van der Waals surface area contributed by atoms with Crippen molar-refractivity contribution in [2.45, 2.75) is 58.0 Å². The first kappa shape index (κ1) is 17.6. The Hall–Kier alpha value is -2.24. The highest BCUT2D eigenvalue weighted by molar-refractivity contribution is 5.67. The first-order valence-corrected chi connectivity index (χ1v) is 8.98. The number of nitrogens with zero attached hydrogens (tertiary/aromatic N) is 1. The van der Waals surface area contributed by atoms with E-state index in [2.05, 4.69) is 10.4 Å². The van der Waals surface area contributed by atoms with Crippen molar-refractivity contribution in [3.63, 3.8) is 0 Å². The maximum Gasteiger partial charge on any atom is 0.407 e. The van der Waals surface area contributed by atoms with E-state index in [1.807, 2.05) is 31.5 Å². The minimum absolute atomic E-state index is 0.0381. The molecule has 0 spiro atoms. The summed E-state index contributed by atoms with van der Waals surface area (Å²) in [7, 11) is 0. The molecule has 0 aliphatic heterocycles. The Balaban J connectivity index is 1.54. The summed E-state index contributed by atoms with van der Waals surface area (Å²) in [6.45, 7) is 6.26. The Morgan fingerprint density at radius 3 is 2.72 bits per heavy atom. The first-order chi connectivity index (χ1) is 11.8. The van der Waals surface area contributed by atoms with E-state index in [-0.39, 0.29) is 11.5 Å². The fourth-order valence-electron chi connectivity index (χ4n) is 3.58. The van der Waals surface area contributed by atoms with Gasteiger partial charge in [0.2, 0.25) is 0 Å². The second kappa shape index (κ2) is 6.94. The molecule has 1 aliphatic carbocycles. The molecule has 0 saturated heterocycles. The largest absolute Gasteiger partial charge is 0.444 e. The predicted octanol–water partition coefficient (Wildman–Crippen LogP) is 3.43. The van der Waals surface area contributed by atoms with Gasteiger partial charge >= 0.3 is 6.09 Å². The molecule has 0 aromatic carbocycles. The van der Waals surface area contributed by atoms with E-state index >= 15 is 0 Å². The molecule has 6 heteroatoms. The number of aromatic nitrogens is 2. The number of ether oxygens (including phenoxy) is 1. The summed E-state index contributed by atoms with van der Waals surface area (Å²) in [6, 6.07) is 3.26. The summed E-state index contributed by atoms with van der Waals surface area (Å²) < 4.78 is 7.18. The number of H-pyrrole nitrogens is 1. The Kier molecular flexibility index (Phi) is 4.88. The van der Waals surface area contributed by atoms with Gasteiger partial charge in [0.25, 0.3) is 0 Å². The number of carbonyl (C=O) groups is 1. The second-order valence-corrected chi connectivity index (χ2v) is 7.95. The highest BCUT2D eigenvalue weighted by Crippen LogP contribution is 2.36. The third-order valence-electron chi connectivity index (χ3n) is 4.80. The van der Waals surface area contributed by atoms with E-state index in [1.54, 1.807) is 18.3 Å². The van der Waals surface area contributed by atoms with Crippen LogP contribution in [-0.2, 0) is 4.74 Å². The van der Waals surface area contributed by atoms with Gasteiger partial charge in [-0.2, -0.15) is 0 Å². The zero-order chi connectivity index (χ0) is 18.0. The van der Waals surface area contributed by atoms with Gasteiger partial charge in [-0.3, -0.25) is 9.31 Å². The second-order valence-electron chi connectivity index (χ2n) is 7.95. The molecule has 0 radical (unpaired) electrons. The van der Waals surface area contributed by atoms with Crippen LogP contribution in [0.2, 0.25) is 0 Å². The molecule has 1 fully saturated rings. The van der Waals surface area contributed by atoms with Crippen molar-refractivity contribution < 1.29 is 9.53 Å². The summed E-state index contributed by atoms with van der Waals surface area (Å²) in [4.78, 5) is 23.4. The van der Waals surface area contributed by atoms with E-state index in [0.717, 1.165) is 31.2 Å². The fourth-order valence-corrected chi connectivity index (χ4v) is 3.58. The Morgan fingerprint density at radius 1 is 1.32 bits per heavy atom. The van der Waals surface area contributed by atoms with Gasteiger partial charge in [-0.15, -0.1) is 0 Å². The Labute approximate surface area is 147 Å². The molecule has 2 N–H and O–H groups in total. The molecular weight excluding hydrogens is 318 g/mol. The van der Waals surface area contributed by atoms with Crippen LogP contribution >= 0.6 is 0 Å². The number of rotatable bonds is 3. The average molecular weight is 345 g/mol. The molecule has 25 heavy (non-hydrogen) atoms. The highest BCUT2D eigenvalue weighted by Gasteiger charge is 2.25. The molecule has 0 bridgehead atoms. The van der Waals surface area contributed by atoms with Crippen molar-refractivity contribution >= 4 is 11.6 Å². The lowest BCUT2D eigenvalue weighted by atomic mass is 9.79. The minimum Gasteiger partial charge on any atom is -0.444 e. The molecule has 6 nitrogen and oxygen atoms in total. The van der Waals surface area contributed by atoms with Crippen molar-refractivity contribution in [2.75, 3.05) is 6.54 Å². The van der Waals surface area contributed by atoms with Crippen LogP contribution in [0.4, 0.5) is 4.79 Å². The number of hydrogen-bond donors (Lipinski definition) is 2. The molecule has 0 unspecified atom stereocenters. The van der Waals surface area contributed by atoms with Crippen molar-refractivity contribution in [3.8, 4) is 0 Å². The molecular formula is C19H27N3O3. The maximum absolute atomic E-state index is 11.8. The Morgan fingerprint density at radius 2 is 2.04 bits per heavy atom. The number of carbonyl (C=O) groups excluding carboxylic acids is 1. The molecule has 2 heterocycles. The van der Waals surface area contributed by atoms with Crippen LogP contribution < -0.4 is 10.7 Å². The smallest absolute Gasteiger partial charge is 0.407 e. The van der Waals surface area contributed by atoms with Gasteiger partial charge < -0.3 is 15.2 Å². The molecule has 1 saturated carbocycles. The SMILES string of the molecule is CC(C)(C)OC(=O)NCC1CCC(c2c[nH]n3ccc(=O)cc23)CC1. The summed E-state index contributed by atoms with van der Waals surface area (Å²) in [5, 5.41) is 6.07. The van der Waals surface area contributed by atoms with Gasteiger partial charge in [-0.05, 0) is 63.9 Å². The highest BCUT2D eigenvalue weighted by atomic mass is 16.6. The molecule has 1 amide bonds. The van der Waals surface area contributed by atoms with Crippen LogP contribution in [0.5, 0.6) is 0 Å². The van der Waals surface area contributed by atoms with Gasteiger partial charge in [-0.25, -0.2) is 4.79 Å². The van der Waals surface area contributed by atoms with Crippen molar-refractivity contribution in [1.82, 2.24) is 14.9 Å². The molecule has 3 rings (SSSR count). The quantitative estimate of drug-likeness (QED) is 0.895. The van der Waals surface area contributed by atoms with E-state index < -0.39 is 5.60 Å². The van der Waals surface area contributed by atoms with Crippen molar-refractivity contribution in [1.29, 1.82) is 0 Å². The predicted molar refractivity (Wildman–Crippen MR) is 97.0 cm³/mol. The molecule has 2 aromatic heterocycles. The lowest BCUT2D eigenvalue weighted by Crippen LogP contribution is -2.36. The molecule has 2 aromatic rings. The summed E-state index contributed by atoms with van der Waals surface area (Å²) in [5.74, 6) is 0.942. The minimum atomic E-state index is -0.463. The van der Waals surface area contributed by atoms with Crippen molar-refractivity contribution in [2.24, 2.45) is 5.92 Å². The first-order valence-electron chi connectivity index (χ1n) is 8.98. The van der Waals surface area contributed by atoms with Crippen LogP contribution in [0.1, 0.15) is 57.9 Å². The number of alkyl carbamates (subject to hydrolysis) is 1. The Bertz CT molecular complexity index is 792.